The van der Waals surface area contributed by atoms with Crippen LogP contribution in [0.15, 0.2) is 78.0 Å². The van der Waals surface area contributed by atoms with Gasteiger partial charge in [-0.2, -0.15) is 5.10 Å². The average Bonchev–Trinajstić information content (AvgIpc) is 2.84. The van der Waals surface area contributed by atoms with Crippen LogP contribution in [0.4, 0.5) is 11.5 Å². The highest BCUT2D eigenvalue weighted by molar-refractivity contribution is 14.1. The zero-order valence-corrected chi connectivity index (χ0v) is 20.4. The van der Waals surface area contributed by atoms with Crippen molar-refractivity contribution in [3.05, 3.63) is 97.7 Å². The van der Waals surface area contributed by atoms with Crippen molar-refractivity contribution in [1.82, 2.24) is 4.98 Å². The number of nitrogens with one attached hydrogen (secondary N) is 1. The van der Waals surface area contributed by atoms with E-state index in [1.54, 1.807) is 6.21 Å². The molecule has 4 rings (SSSR count). The van der Waals surface area contributed by atoms with E-state index < -0.39 is 4.92 Å². The predicted octanol–water partition coefficient (Wildman–Crippen LogP) is 6.17. The van der Waals surface area contributed by atoms with Crippen LogP contribution in [0.1, 0.15) is 18.1 Å². The third-order valence-electron chi connectivity index (χ3n) is 4.90. The van der Waals surface area contributed by atoms with Gasteiger partial charge in [0.1, 0.15) is 6.61 Å². The van der Waals surface area contributed by atoms with Crippen molar-refractivity contribution in [1.29, 1.82) is 0 Å². The van der Waals surface area contributed by atoms with Crippen molar-refractivity contribution < 1.29 is 14.4 Å². The highest BCUT2D eigenvalue weighted by Gasteiger charge is 2.14. The Balaban J connectivity index is 1.51. The Bertz CT molecular complexity index is 1360. The fraction of sp³-hybridized carbons (Fsp3) is 0.120. The van der Waals surface area contributed by atoms with Gasteiger partial charge in [-0.1, -0.05) is 36.4 Å². The van der Waals surface area contributed by atoms with Crippen LogP contribution in [0.3, 0.4) is 0 Å². The largest absolute Gasteiger partial charge is 0.490 e. The first kappa shape index (κ1) is 23.4. The van der Waals surface area contributed by atoms with Crippen LogP contribution in [-0.2, 0) is 6.61 Å². The first-order chi connectivity index (χ1) is 16.5. The Morgan fingerprint density at radius 2 is 1.91 bits per heavy atom. The summed E-state index contributed by atoms with van der Waals surface area (Å²) in [7, 11) is 0. The van der Waals surface area contributed by atoms with E-state index in [1.807, 2.05) is 31.2 Å². The molecule has 9 heteroatoms. The standard InChI is InChI=1S/C25H21IN4O4/c1-2-33-23-14-18(15-28-29-25-22(30(31)32)8-5-11-27-25)13-21(26)24(23)34-16-17-9-10-19-6-3-4-7-20(19)12-17/h3-15H,2,16H2,1H3,(H,27,29)/b28-15-. The molecule has 0 bridgehead atoms. The number of nitro groups is 1. The van der Waals surface area contributed by atoms with Gasteiger partial charge < -0.3 is 9.47 Å². The molecule has 0 aliphatic rings. The lowest BCUT2D eigenvalue weighted by atomic mass is 10.1. The van der Waals surface area contributed by atoms with Gasteiger partial charge >= 0.3 is 5.69 Å². The molecule has 1 N–H and O–H groups in total. The average molecular weight is 568 g/mol. The lowest BCUT2D eigenvalue weighted by molar-refractivity contribution is -0.384. The lowest BCUT2D eigenvalue weighted by Gasteiger charge is -2.15. The Morgan fingerprint density at radius 3 is 2.71 bits per heavy atom. The summed E-state index contributed by atoms with van der Waals surface area (Å²) in [5.74, 6) is 1.32. The predicted molar refractivity (Wildman–Crippen MR) is 141 cm³/mol. The van der Waals surface area contributed by atoms with Gasteiger partial charge in [-0.3, -0.25) is 15.5 Å². The van der Waals surface area contributed by atoms with Gasteiger partial charge in [0.15, 0.2) is 11.5 Å². The first-order valence-corrected chi connectivity index (χ1v) is 11.6. The van der Waals surface area contributed by atoms with Gasteiger partial charge in [-0.25, -0.2) is 4.98 Å². The number of hydrazone groups is 1. The normalized spacial score (nSPS) is 11.0. The topological polar surface area (TPSA) is 98.9 Å². The first-order valence-electron chi connectivity index (χ1n) is 10.5. The van der Waals surface area contributed by atoms with Crippen LogP contribution in [0, 0.1) is 13.7 Å². The van der Waals surface area contributed by atoms with E-state index in [4.69, 9.17) is 9.47 Å². The van der Waals surface area contributed by atoms with Crippen LogP contribution in [0.2, 0.25) is 0 Å². The molecule has 1 aromatic heterocycles. The summed E-state index contributed by atoms with van der Waals surface area (Å²) in [6.45, 7) is 2.78. The number of ether oxygens (including phenoxy) is 2. The van der Waals surface area contributed by atoms with Crippen LogP contribution in [0.5, 0.6) is 11.5 Å². The van der Waals surface area contributed by atoms with E-state index in [2.05, 4.69) is 68.4 Å². The number of anilines is 1. The van der Waals surface area contributed by atoms with Crippen LogP contribution in [0.25, 0.3) is 10.8 Å². The molecular formula is C25H21IN4O4. The number of halogens is 1. The number of fused-ring (bicyclic) bond motifs is 1. The molecule has 0 unspecified atom stereocenters. The quantitative estimate of drug-likeness (QED) is 0.112. The monoisotopic (exact) mass is 568 g/mol. The zero-order valence-electron chi connectivity index (χ0n) is 18.3. The zero-order chi connectivity index (χ0) is 23.9. The summed E-state index contributed by atoms with van der Waals surface area (Å²) in [5.41, 5.74) is 4.29. The molecule has 4 aromatic rings. The molecule has 0 saturated carbocycles. The Hall–Kier alpha value is -3.73. The second-order valence-corrected chi connectivity index (χ2v) is 8.39. The third-order valence-corrected chi connectivity index (χ3v) is 5.70. The number of hydrogen-bond donors (Lipinski definition) is 1. The smallest absolute Gasteiger partial charge is 0.313 e. The minimum Gasteiger partial charge on any atom is -0.490 e. The molecule has 172 valence electrons. The number of benzene rings is 3. The number of nitrogens with zero attached hydrogens (tertiary/aromatic N) is 3. The summed E-state index contributed by atoms with van der Waals surface area (Å²) in [5, 5.41) is 17.6. The molecule has 0 aliphatic heterocycles. The molecule has 0 spiro atoms. The van der Waals surface area contributed by atoms with E-state index >= 15 is 0 Å². The summed E-state index contributed by atoms with van der Waals surface area (Å²) >= 11 is 2.20. The van der Waals surface area contributed by atoms with Gasteiger partial charge in [-0.05, 0) is 75.7 Å². The number of rotatable bonds is 9. The Kier molecular flexibility index (Phi) is 7.53. The molecule has 0 radical (unpaired) electrons. The molecule has 0 aliphatic carbocycles. The fourth-order valence-corrected chi connectivity index (χ4v) is 4.13. The Labute approximate surface area is 209 Å². The van der Waals surface area contributed by atoms with Gasteiger partial charge in [-0.15, -0.1) is 0 Å². The molecule has 0 fully saturated rings. The minimum atomic E-state index is -0.511. The maximum Gasteiger partial charge on any atom is 0.313 e. The van der Waals surface area contributed by atoms with Crippen molar-refractivity contribution in [3.63, 3.8) is 0 Å². The maximum absolute atomic E-state index is 11.1. The summed E-state index contributed by atoms with van der Waals surface area (Å²) < 4.78 is 12.8. The van der Waals surface area contributed by atoms with Crippen LogP contribution >= 0.6 is 22.6 Å². The molecule has 8 nitrogen and oxygen atoms in total. The van der Waals surface area contributed by atoms with Crippen molar-refractivity contribution in [2.24, 2.45) is 5.10 Å². The van der Waals surface area contributed by atoms with Crippen molar-refractivity contribution in [3.8, 4) is 11.5 Å². The van der Waals surface area contributed by atoms with Gasteiger partial charge in [0, 0.05) is 12.3 Å². The molecule has 0 atom stereocenters. The SMILES string of the molecule is CCOc1cc(/C=N\Nc2ncccc2[N+](=O)[O-])cc(I)c1OCc1ccc2ccccc2c1. The maximum atomic E-state index is 11.1. The van der Waals surface area contributed by atoms with Crippen molar-refractivity contribution in [2.45, 2.75) is 13.5 Å². The highest BCUT2D eigenvalue weighted by Crippen LogP contribution is 2.35. The molecule has 1 heterocycles. The van der Waals surface area contributed by atoms with Gasteiger partial charge in [0.05, 0.1) is 21.3 Å². The van der Waals surface area contributed by atoms with E-state index in [9.17, 15) is 10.1 Å². The van der Waals surface area contributed by atoms with Crippen LogP contribution in [-0.4, -0.2) is 22.7 Å². The van der Waals surface area contributed by atoms with Crippen molar-refractivity contribution in [2.75, 3.05) is 12.0 Å². The molecule has 34 heavy (non-hydrogen) atoms. The number of aromatic nitrogens is 1. The second kappa shape index (κ2) is 10.9. The summed E-state index contributed by atoms with van der Waals surface area (Å²) in [4.78, 5) is 14.6. The molecule has 0 amide bonds. The van der Waals surface area contributed by atoms with E-state index in [1.165, 1.54) is 23.7 Å². The Morgan fingerprint density at radius 1 is 1.09 bits per heavy atom. The van der Waals surface area contributed by atoms with Crippen molar-refractivity contribution >= 4 is 51.1 Å². The minimum absolute atomic E-state index is 0.0683. The van der Waals surface area contributed by atoms with Gasteiger partial charge in [0.25, 0.3) is 0 Å². The molecular weight excluding hydrogens is 547 g/mol. The number of pyridine rings is 1. The third kappa shape index (κ3) is 5.60. The van der Waals surface area contributed by atoms with Gasteiger partial charge in [0.2, 0.25) is 5.82 Å². The summed E-state index contributed by atoms with van der Waals surface area (Å²) in [6, 6.07) is 21.0. The lowest BCUT2D eigenvalue weighted by Crippen LogP contribution is -2.03. The van der Waals surface area contributed by atoms with Crippen LogP contribution < -0.4 is 14.9 Å². The fourth-order valence-electron chi connectivity index (χ4n) is 3.35. The summed E-state index contributed by atoms with van der Waals surface area (Å²) in [6.07, 6.45) is 3.01. The number of hydrogen-bond acceptors (Lipinski definition) is 7. The molecule has 3 aromatic carbocycles. The highest BCUT2D eigenvalue weighted by atomic mass is 127. The van der Waals surface area contributed by atoms with E-state index in [-0.39, 0.29) is 11.5 Å². The van der Waals surface area contributed by atoms with E-state index in [0.29, 0.717) is 24.7 Å². The molecule has 0 saturated heterocycles. The van der Waals surface area contributed by atoms with E-state index in [0.717, 1.165) is 20.1 Å². The second-order valence-electron chi connectivity index (χ2n) is 7.23.